The largest absolute Gasteiger partial charge is 0.489 e. The summed E-state index contributed by atoms with van der Waals surface area (Å²) in [6.45, 7) is 3.99. The molecule has 1 heterocycles. The van der Waals surface area contributed by atoms with Crippen LogP contribution in [0.1, 0.15) is 18.9 Å². The number of nitrogens with one attached hydrogen (secondary N) is 1. The second kappa shape index (κ2) is 4.38. The number of hydrogen-bond donors (Lipinski definition) is 1. The maximum absolute atomic E-state index is 6.05. The highest BCUT2D eigenvalue weighted by Gasteiger charge is 2.17. The van der Waals surface area contributed by atoms with Crippen molar-refractivity contribution in [3.05, 3.63) is 42.0 Å². The van der Waals surface area contributed by atoms with Crippen LogP contribution in [0, 0.1) is 0 Å². The molecule has 0 aromatic heterocycles. The quantitative estimate of drug-likeness (QED) is 0.808. The number of benzene rings is 2. The molecule has 1 aliphatic rings. The van der Waals surface area contributed by atoms with Crippen LogP contribution in [0.2, 0.25) is 0 Å². The first-order valence-corrected chi connectivity index (χ1v) is 6.26. The van der Waals surface area contributed by atoms with E-state index in [1.54, 1.807) is 0 Å². The fourth-order valence-electron chi connectivity index (χ4n) is 2.42. The van der Waals surface area contributed by atoms with Crippen molar-refractivity contribution in [1.82, 2.24) is 5.32 Å². The second-order valence-electron chi connectivity index (χ2n) is 4.54. The van der Waals surface area contributed by atoms with Gasteiger partial charge in [-0.1, -0.05) is 37.3 Å². The van der Waals surface area contributed by atoms with Gasteiger partial charge in [-0.2, -0.15) is 0 Å². The highest BCUT2D eigenvalue weighted by atomic mass is 16.5. The Kier molecular flexibility index (Phi) is 2.73. The molecule has 0 unspecified atom stereocenters. The Balaban J connectivity index is 2.13. The fraction of sp³-hybridized carbons (Fsp3) is 0.333. The van der Waals surface area contributed by atoms with Gasteiger partial charge in [-0.05, 0) is 23.3 Å². The highest BCUT2D eigenvalue weighted by molar-refractivity contribution is 5.87. The third-order valence-corrected chi connectivity index (χ3v) is 3.42. The van der Waals surface area contributed by atoms with Gasteiger partial charge in [-0.25, -0.2) is 0 Å². The molecule has 0 radical (unpaired) electrons. The first kappa shape index (κ1) is 10.6. The minimum absolute atomic E-state index is 0.289. The molecular formula is C15H17NO. The van der Waals surface area contributed by atoms with E-state index in [4.69, 9.17) is 4.74 Å². The standard InChI is InChI=1S/C15H17NO/c1-2-12-9-16-10-14-13-6-4-3-5-11(13)7-8-15(14)17-12/h3-8,12,16H,2,9-10H2,1H3/t12-/m1/s1. The summed E-state index contributed by atoms with van der Waals surface area (Å²) < 4.78 is 6.05. The van der Waals surface area contributed by atoms with Gasteiger partial charge in [0.2, 0.25) is 0 Å². The van der Waals surface area contributed by atoms with Crippen LogP contribution in [0.15, 0.2) is 36.4 Å². The van der Waals surface area contributed by atoms with E-state index < -0.39 is 0 Å². The first-order valence-electron chi connectivity index (χ1n) is 6.26. The summed E-state index contributed by atoms with van der Waals surface area (Å²) in [7, 11) is 0. The Morgan fingerprint density at radius 1 is 1.24 bits per heavy atom. The third-order valence-electron chi connectivity index (χ3n) is 3.42. The van der Waals surface area contributed by atoms with Gasteiger partial charge in [0, 0.05) is 18.7 Å². The highest BCUT2D eigenvalue weighted by Crippen LogP contribution is 2.30. The smallest absolute Gasteiger partial charge is 0.124 e. The molecule has 0 aliphatic carbocycles. The summed E-state index contributed by atoms with van der Waals surface area (Å²) in [5.74, 6) is 1.04. The minimum atomic E-state index is 0.289. The molecule has 0 saturated carbocycles. The van der Waals surface area contributed by atoms with Crippen LogP contribution < -0.4 is 10.1 Å². The van der Waals surface area contributed by atoms with Crippen LogP contribution >= 0.6 is 0 Å². The monoisotopic (exact) mass is 227 g/mol. The molecule has 88 valence electrons. The first-order chi connectivity index (χ1) is 8.38. The van der Waals surface area contributed by atoms with Crippen LogP contribution in [0.5, 0.6) is 5.75 Å². The number of fused-ring (bicyclic) bond motifs is 3. The van der Waals surface area contributed by atoms with Crippen LogP contribution in [0.3, 0.4) is 0 Å². The number of hydrogen-bond acceptors (Lipinski definition) is 2. The molecule has 0 saturated heterocycles. The van der Waals surface area contributed by atoms with Gasteiger partial charge in [-0.15, -0.1) is 0 Å². The average Bonchev–Trinajstić information content (AvgIpc) is 2.60. The molecule has 2 nitrogen and oxygen atoms in total. The molecule has 2 heteroatoms. The fourth-order valence-corrected chi connectivity index (χ4v) is 2.42. The van der Waals surface area contributed by atoms with Crippen molar-refractivity contribution in [2.45, 2.75) is 26.0 Å². The van der Waals surface area contributed by atoms with Gasteiger partial charge in [0.1, 0.15) is 11.9 Å². The van der Waals surface area contributed by atoms with E-state index in [1.165, 1.54) is 16.3 Å². The van der Waals surface area contributed by atoms with Crippen molar-refractivity contribution >= 4 is 10.8 Å². The van der Waals surface area contributed by atoms with Gasteiger partial charge in [0.15, 0.2) is 0 Å². The van der Waals surface area contributed by atoms with Crippen molar-refractivity contribution in [2.75, 3.05) is 6.54 Å². The lowest BCUT2D eigenvalue weighted by Gasteiger charge is -2.15. The summed E-state index contributed by atoms with van der Waals surface area (Å²) in [5, 5.41) is 6.06. The molecule has 0 amide bonds. The molecule has 1 atom stereocenters. The summed E-state index contributed by atoms with van der Waals surface area (Å²) in [5.41, 5.74) is 1.29. The molecule has 0 bridgehead atoms. The zero-order valence-electron chi connectivity index (χ0n) is 10.1. The van der Waals surface area contributed by atoms with E-state index in [1.807, 2.05) is 0 Å². The van der Waals surface area contributed by atoms with Crippen molar-refractivity contribution in [2.24, 2.45) is 0 Å². The maximum atomic E-state index is 6.05. The van der Waals surface area contributed by atoms with Crippen molar-refractivity contribution < 1.29 is 4.74 Å². The normalized spacial score (nSPS) is 19.5. The van der Waals surface area contributed by atoms with Crippen LogP contribution in [0.4, 0.5) is 0 Å². The SMILES string of the molecule is CC[C@@H]1CNCc2c(ccc3ccccc23)O1. The summed E-state index contributed by atoms with van der Waals surface area (Å²) in [4.78, 5) is 0. The lowest BCUT2D eigenvalue weighted by Crippen LogP contribution is -2.27. The average molecular weight is 227 g/mol. The molecule has 0 fully saturated rings. The third kappa shape index (κ3) is 1.89. The van der Waals surface area contributed by atoms with Gasteiger partial charge in [0.05, 0.1) is 0 Å². The molecule has 2 aromatic rings. The lowest BCUT2D eigenvalue weighted by molar-refractivity contribution is 0.202. The predicted octanol–water partition coefficient (Wildman–Crippen LogP) is 3.10. The topological polar surface area (TPSA) is 21.3 Å². The molecule has 3 rings (SSSR count). The molecule has 1 N–H and O–H groups in total. The molecule has 17 heavy (non-hydrogen) atoms. The minimum Gasteiger partial charge on any atom is -0.489 e. The van der Waals surface area contributed by atoms with Gasteiger partial charge in [-0.3, -0.25) is 0 Å². The van der Waals surface area contributed by atoms with Gasteiger partial charge >= 0.3 is 0 Å². The van der Waals surface area contributed by atoms with E-state index in [9.17, 15) is 0 Å². The van der Waals surface area contributed by atoms with Crippen LogP contribution in [0.25, 0.3) is 10.8 Å². The lowest BCUT2D eigenvalue weighted by atomic mass is 10.0. The van der Waals surface area contributed by atoms with Gasteiger partial charge in [0.25, 0.3) is 0 Å². The van der Waals surface area contributed by atoms with Crippen LogP contribution in [-0.2, 0) is 6.54 Å². The van der Waals surface area contributed by atoms with Gasteiger partial charge < -0.3 is 10.1 Å². The van der Waals surface area contributed by atoms with E-state index in [0.717, 1.165) is 25.3 Å². The molecular weight excluding hydrogens is 210 g/mol. The van der Waals surface area contributed by atoms with E-state index >= 15 is 0 Å². The zero-order chi connectivity index (χ0) is 11.7. The molecule has 2 aromatic carbocycles. The molecule has 1 aliphatic heterocycles. The Labute approximate surface area is 102 Å². The number of rotatable bonds is 1. The predicted molar refractivity (Wildman–Crippen MR) is 70.4 cm³/mol. The Morgan fingerprint density at radius 2 is 2.12 bits per heavy atom. The summed E-state index contributed by atoms with van der Waals surface area (Å²) >= 11 is 0. The summed E-state index contributed by atoms with van der Waals surface area (Å²) in [6.07, 6.45) is 1.33. The Morgan fingerprint density at radius 3 is 3.00 bits per heavy atom. The van der Waals surface area contributed by atoms with Crippen LogP contribution in [-0.4, -0.2) is 12.6 Å². The Hall–Kier alpha value is -1.54. The van der Waals surface area contributed by atoms with Crippen molar-refractivity contribution in [3.63, 3.8) is 0 Å². The zero-order valence-corrected chi connectivity index (χ0v) is 10.1. The maximum Gasteiger partial charge on any atom is 0.124 e. The van der Waals surface area contributed by atoms with E-state index in [2.05, 4.69) is 48.6 Å². The number of ether oxygens (including phenoxy) is 1. The van der Waals surface area contributed by atoms with Crippen molar-refractivity contribution in [1.29, 1.82) is 0 Å². The Bertz CT molecular complexity index is 535. The summed E-state index contributed by atoms with van der Waals surface area (Å²) in [6, 6.07) is 12.7. The second-order valence-corrected chi connectivity index (χ2v) is 4.54. The molecule has 0 spiro atoms. The van der Waals surface area contributed by atoms with E-state index in [0.29, 0.717) is 0 Å². The van der Waals surface area contributed by atoms with Crippen molar-refractivity contribution in [3.8, 4) is 5.75 Å². The van der Waals surface area contributed by atoms with E-state index in [-0.39, 0.29) is 6.10 Å².